The van der Waals surface area contributed by atoms with Crippen LogP contribution < -0.4 is 0 Å². The summed E-state index contributed by atoms with van der Waals surface area (Å²) < 4.78 is 0. The lowest BCUT2D eigenvalue weighted by molar-refractivity contribution is 0.103. The maximum absolute atomic E-state index is 12.4. The van der Waals surface area contributed by atoms with Gasteiger partial charge < -0.3 is 0 Å². The van der Waals surface area contributed by atoms with Gasteiger partial charge in [0.25, 0.3) is 0 Å². The maximum atomic E-state index is 12.4. The van der Waals surface area contributed by atoms with Crippen LogP contribution in [0.1, 0.15) is 15.9 Å². The highest BCUT2D eigenvalue weighted by Crippen LogP contribution is 2.33. The van der Waals surface area contributed by atoms with Crippen molar-refractivity contribution in [2.24, 2.45) is 0 Å². The van der Waals surface area contributed by atoms with Gasteiger partial charge in [0.1, 0.15) is 0 Å². The lowest BCUT2D eigenvalue weighted by Crippen LogP contribution is -2.04. The summed E-state index contributed by atoms with van der Waals surface area (Å²) >= 11 is 29.7. The third-order valence-electron chi connectivity index (χ3n) is 2.41. The van der Waals surface area contributed by atoms with Crippen molar-refractivity contribution in [1.29, 1.82) is 0 Å². The zero-order chi connectivity index (χ0) is 14.2. The number of hydrogen-bond donors (Lipinski definition) is 0. The fraction of sp³-hybridized carbons (Fsp3) is 0. The zero-order valence-electron chi connectivity index (χ0n) is 9.18. The summed E-state index contributed by atoms with van der Waals surface area (Å²) in [5, 5.41) is 1.35. The first-order valence-electron chi connectivity index (χ1n) is 5.04. The molecule has 2 rings (SSSR count). The van der Waals surface area contributed by atoms with E-state index in [1.165, 1.54) is 24.3 Å². The molecule has 0 heterocycles. The van der Waals surface area contributed by atoms with E-state index < -0.39 is 5.78 Å². The number of benzene rings is 2. The molecule has 6 heteroatoms. The van der Waals surface area contributed by atoms with Gasteiger partial charge in [0.05, 0.1) is 20.6 Å². The van der Waals surface area contributed by atoms with E-state index in [0.717, 1.165) is 0 Å². The van der Waals surface area contributed by atoms with Gasteiger partial charge in [-0.1, -0.05) is 58.0 Å². The smallest absolute Gasteiger partial charge is 0.197 e. The summed E-state index contributed by atoms with van der Waals surface area (Å²) in [7, 11) is 0. The zero-order valence-corrected chi connectivity index (χ0v) is 13.0. The van der Waals surface area contributed by atoms with Crippen molar-refractivity contribution in [3.63, 3.8) is 0 Å². The molecule has 0 fully saturated rings. The van der Waals surface area contributed by atoms with Crippen molar-refractivity contribution in [2.45, 2.75) is 0 Å². The summed E-state index contributed by atoms with van der Waals surface area (Å²) in [5.74, 6) is -0.404. The highest BCUT2D eigenvalue weighted by Gasteiger charge is 2.20. The molecule has 0 aliphatic heterocycles. The molecule has 19 heavy (non-hydrogen) atoms. The van der Waals surface area contributed by atoms with Gasteiger partial charge in [-0.25, -0.2) is 0 Å². The van der Waals surface area contributed by atoms with Gasteiger partial charge in [-0.2, -0.15) is 0 Å². The fourth-order valence-corrected chi connectivity index (χ4v) is 2.93. The number of halogens is 5. The van der Waals surface area contributed by atoms with Crippen molar-refractivity contribution in [3.8, 4) is 0 Å². The van der Waals surface area contributed by atoms with Gasteiger partial charge in [0, 0.05) is 15.6 Å². The van der Waals surface area contributed by atoms with Crippen LogP contribution in [-0.4, -0.2) is 5.78 Å². The summed E-state index contributed by atoms with van der Waals surface area (Å²) in [4.78, 5) is 12.4. The molecule has 0 amide bonds. The molecule has 0 aliphatic carbocycles. The summed E-state index contributed by atoms with van der Waals surface area (Å²) in [5.41, 5.74) is 0.386. The third-order valence-corrected chi connectivity index (χ3v) is 3.79. The van der Waals surface area contributed by atoms with Crippen molar-refractivity contribution < 1.29 is 4.79 Å². The van der Waals surface area contributed by atoms with Crippen LogP contribution in [0.3, 0.4) is 0 Å². The number of carbonyl (C=O) groups is 1. The minimum Gasteiger partial charge on any atom is -0.288 e. The van der Waals surface area contributed by atoms with Crippen LogP contribution in [0.2, 0.25) is 25.1 Å². The topological polar surface area (TPSA) is 17.1 Å². The van der Waals surface area contributed by atoms with Gasteiger partial charge in [-0.15, -0.1) is 0 Å². The van der Waals surface area contributed by atoms with Crippen LogP contribution in [0.5, 0.6) is 0 Å². The Morgan fingerprint density at radius 2 is 1.32 bits per heavy atom. The van der Waals surface area contributed by atoms with Crippen molar-refractivity contribution in [1.82, 2.24) is 0 Å². The molecule has 98 valence electrons. The van der Waals surface area contributed by atoms with Gasteiger partial charge in [-0.3, -0.25) is 4.79 Å². The predicted octanol–water partition coefficient (Wildman–Crippen LogP) is 6.18. The molecule has 0 saturated carbocycles. The lowest BCUT2D eigenvalue weighted by Gasteiger charge is -2.08. The second-order valence-electron chi connectivity index (χ2n) is 3.70. The first-order valence-corrected chi connectivity index (χ1v) is 6.93. The van der Waals surface area contributed by atoms with E-state index in [2.05, 4.69) is 0 Å². The van der Waals surface area contributed by atoms with E-state index in [0.29, 0.717) is 10.0 Å². The van der Waals surface area contributed by atoms with Crippen LogP contribution >= 0.6 is 58.0 Å². The minimum absolute atomic E-state index is 0.150. The molecule has 2 aromatic rings. The van der Waals surface area contributed by atoms with E-state index in [-0.39, 0.29) is 26.2 Å². The molecular weight excluding hydrogens is 349 g/mol. The van der Waals surface area contributed by atoms with Crippen LogP contribution in [0.4, 0.5) is 0 Å². The Morgan fingerprint density at radius 3 is 1.89 bits per heavy atom. The molecule has 0 radical (unpaired) electrons. The Morgan fingerprint density at radius 1 is 0.737 bits per heavy atom. The van der Waals surface area contributed by atoms with E-state index >= 15 is 0 Å². The van der Waals surface area contributed by atoms with Gasteiger partial charge in [0.2, 0.25) is 0 Å². The quantitative estimate of drug-likeness (QED) is 0.588. The number of carbonyl (C=O) groups excluding carboxylic acids is 1. The first kappa shape index (κ1) is 15.0. The Labute approximate surface area is 135 Å². The highest BCUT2D eigenvalue weighted by atomic mass is 35.5. The summed E-state index contributed by atoms with van der Waals surface area (Å²) in [6, 6.07) is 7.48. The fourth-order valence-electron chi connectivity index (χ4n) is 1.57. The molecule has 0 aliphatic rings. The third kappa shape index (κ3) is 3.18. The normalized spacial score (nSPS) is 10.6. The van der Waals surface area contributed by atoms with Crippen molar-refractivity contribution in [3.05, 3.63) is 66.6 Å². The average Bonchev–Trinajstić information content (AvgIpc) is 2.30. The Kier molecular flexibility index (Phi) is 4.65. The predicted molar refractivity (Wildman–Crippen MR) is 81.4 cm³/mol. The van der Waals surface area contributed by atoms with E-state index in [1.54, 1.807) is 6.07 Å². The number of ketones is 1. The van der Waals surface area contributed by atoms with Crippen LogP contribution in [0.15, 0.2) is 30.3 Å². The van der Waals surface area contributed by atoms with Gasteiger partial charge in [0.15, 0.2) is 5.78 Å². The monoisotopic (exact) mass is 352 g/mol. The molecular formula is C13H5Cl5O. The molecule has 1 nitrogen and oxygen atoms in total. The lowest BCUT2D eigenvalue weighted by atomic mass is 10.0. The molecule has 0 N–H and O–H groups in total. The molecule has 0 spiro atoms. The average molecular weight is 354 g/mol. The van der Waals surface area contributed by atoms with E-state index in [9.17, 15) is 4.79 Å². The molecule has 0 atom stereocenters. The van der Waals surface area contributed by atoms with Crippen LogP contribution in [-0.2, 0) is 0 Å². The molecule has 2 aromatic carbocycles. The second-order valence-corrected chi connectivity index (χ2v) is 5.79. The second kappa shape index (κ2) is 5.90. The largest absolute Gasteiger partial charge is 0.288 e. The standard InChI is InChI=1S/C13H5Cl5O/c14-6-1-2-9(16)8(3-6)13(19)12-10(17)4-7(15)5-11(12)18/h1-5H. The molecule has 0 saturated heterocycles. The van der Waals surface area contributed by atoms with Gasteiger partial charge in [-0.05, 0) is 30.3 Å². The Hall–Kier alpha value is -0.440. The number of rotatable bonds is 2. The van der Waals surface area contributed by atoms with Crippen molar-refractivity contribution >= 4 is 63.8 Å². The Bertz CT molecular complexity index is 643. The van der Waals surface area contributed by atoms with Crippen LogP contribution in [0, 0.1) is 0 Å². The van der Waals surface area contributed by atoms with E-state index in [1.807, 2.05) is 0 Å². The minimum atomic E-state index is -0.404. The summed E-state index contributed by atoms with van der Waals surface area (Å²) in [6.07, 6.45) is 0. The van der Waals surface area contributed by atoms with Crippen LogP contribution in [0.25, 0.3) is 0 Å². The molecule has 0 bridgehead atoms. The molecule has 0 unspecified atom stereocenters. The SMILES string of the molecule is O=C(c1cc(Cl)ccc1Cl)c1c(Cl)cc(Cl)cc1Cl. The van der Waals surface area contributed by atoms with Gasteiger partial charge >= 0.3 is 0 Å². The summed E-state index contributed by atoms with van der Waals surface area (Å²) in [6.45, 7) is 0. The maximum Gasteiger partial charge on any atom is 0.197 e. The Balaban J connectivity index is 2.59. The molecule has 0 aromatic heterocycles. The van der Waals surface area contributed by atoms with E-state index in [4.69, 9.17) is 58.0 Å². The van der Waals surface area contributed by atoms with Crippen molar-refractivity contribution in [2.75, 3.05) is 0 Å². The number of hydrogen-bond acceptors (Lipinski definition) is 1. The first-order chi connectivity index (χ1) is 8.90. The highest BCUT2D eigenvalue weighted by molar-refractivity contribution is 6.44.